The molecule has 1 aromatic carbocycles. The summed E-state index contributed by atoms with van der Waals surface area (Å²) >= 11 is 12.3. The molecule has 0 radical (unpaired) electrons. The summed E-state index contributed by atoms with van der Waals surface area (Å²) in [7, 11) is 4.40. The first-order valence-electron chi connectivity index (χ1n) is 7.75. The van der Waals surface area contributed by atoms with Gasteiger partial charge in [-0.25, -0.2) is 0 Å². The van der Waals surface area contributed by atoms with Crippen molar-refractivity contribution in [1.29, 1.82) is 0 Å². The van der Waals surface area contributed by atoms with Crippen LogP contribution in [0, 0.1) is 5.92 Å². The third kappa shape index (κ3) is 4.35. The largest absolute Gasteiger partial charge is 0.311 e. The summed E-state index contributed by atoms with van der Waals surface area (Å²) in [5, 5.41) is 5.12. The minimum atomic E-state index is 0.267. The second kappa shape index (κ2) is 7.32. The van der Waals surface area contributed by atoms with Crippen molar-refractivity contribution in [2.45, 2.75) is 44.7 Å². The lowest BCUT2D eigenvalue weighted by atomic mass is 9.75. The SMILES string of the molecule is CC1CCCC(CNCc2cc(Cl)ccc2Cl)(N(C)C)C1. The summed E-state index contributed by atoms with van der Waals surface area (Å²) in [5.41, 5.74) is 1.34. The van der Waals surface area contributed by atoms with Gasteiger partial charge < -0.3 is 10.2 Å². The molecule has 1 saturated carbocycles. The van der Waals surface area contributed by atoms with E-state index in [1.165, 1.54) is 25.7 Å². The Morgan fingerprint density at radius 2 is 2.10 bits per heavy atom. The van der Waals surface area contributed by atoms with Gasteiger partial charge in [0.25, 0.3) is 0 Å². The van der Waals surface area contributed by atoms with Gasteiger partial charge in [0.2, 0.25) is 0 Å². The molecule has 4 heteroatoms. The van der Waals surface area contributed by atoms with Crippen LogP contribution in [0.5, 0.6) is 0 Å². The highest BCUT2D eigenvalue weighted by molar-refractivity contribution is 6.33. The molecular weight excluding hydrogens is 303 g/mol. The highest BCUT2D eigenvalue weighted by Gasteiger charge is 2.36. The minimum Gasteiger partial charge on any atom is -0.311 e. The first kappa shape index (κ1) is 17.1. The van der Waals surface area contributed by atoms with E-state index in [9.17, 15) is 0 Å². The fourth-order valence-electron chi connectivity index (χ4n) is 3.47. The Labute approximate surface area is 138 Å². The lowest BCUT2D eigenvalue weighted by molar-refractivity contribution is 0.0749. The number of hydrogen-bond acceptors (Lipinski definition) is 2. The quantitative estimate of drug-likeness (QED) is 0.850. The fraction of sp³-hybridized carbons (Fsp3) is 0.647. The van der Waals surface area contributed by atoms with E-state index in [1.54, 1.807) is 0 Å². The van der Waals surface area contributed by atoms with Crippen LogP contribution in [0.3, 0.4) is 0 Å². The van der Waals surface area contributed by atoms with E-state index >= 15 is 0 Å². The summed E-state index contributed by atoms with van der Waals surface area (Å²) in [5.74, 6) is 0.803. The van der Waals surface area contributed by atoms with Gasteiger partial charge in [-0.3, -0.25) is 0 Å². The van der Waals surface area contributed by atoms with E-state index in [0.717, 1.165) is 34.6 Å². The van der Waals surface area contributed by atoms with Crippen molar-refractivity contribution in [1.82, 2.24) is 10.2 Å². The standard InChI is InChI=1S/C17H26Cl2N2/c1-13-5-4-8-17(10-13,21(2)3)12-20-11-14-9-15(18)6-7-16(14)19/h6-7,9,13,20H,4-5,8,10-12H2,1-3H3. The molecule has 2 unspecified atom stereocenters. The first-order chi connectivity index (χ1) is 9.93. The fourth-order valence-corrected chi connectivity index (χ4v) is 3.84. The van der Waals surface area contributed by atoms with E-state index in [1.807, 2.05) is 18.2 Å². The molecule has 0 saturated heterocycles. The summed E-state index contributed by atoms with van der Waals surface area (Å²) in [6.45, 7) is 4.13. The number of likely N-dealkylation sites (N-methyl/N-ethyl adjacent to an activating group) is 1. The predicted molar refractivity (Wildman–Crippen MR) is 92.2 cm³/mol. The molecule has 0 heterocycles. The molecule has 118 valence electrons. The predicted octanol–water partition coefficient (Wildman–Crippen LogP) is 4.59. The van der Waals surface area contributed by atoms with Gasteiger partial charge in [-0.15, -0.1) is 0 Å². The van der Waals surface area contributed by atoms with E-state index in [2.05, 4.69) is 31.2 Å². The molecule has 0 spiro atoms. The topological polar surface area (TPSA) is 15.3 Å². The van der Waals surface area contributed by atoms with Gasteiger partial charge in [0.15, 0.2) is 0 Å². The molecule has 21 heavy (non-hydrogen) atoms. The second-order valence-electron chi connectivity index (χ2n) is 6.66. The highest BCUT2D eigenvalue weighted by atomic mass is 35.5. The van der Waals surface area contributed by atoms with E-state index < -0.39 is 0 Å². The Morgan fingerprint density at radius 1 is 1.33 bits per heavy atom. The molecule has 1 aliphatic rings. The Balaban J connectivity index is 1.98. The maximum absolute atomic E-state index is 6.23. The smallest absolute Gasteiger partial charge is 0.0451 e. The zero-order chi connectivity index (χ0) is 15.5. The normalized spacial score (nSPS) is 26.3. The van der Waals surface area contributed by atoms with E-state index in [0.29, 0.717) is 0 Å². The van der Waals surface area contributed by atoms with Crippen molar-refractivity contribution < 1.29 is 0 Å². The third-order valence-electron chi connectivity index (χ3n) is 4.79. The summed E-state index contributed by atoms with van der Waals surface area (Å²) in [4.78, 5) is 2.40. The molecule has 1 fully saturated rings. The van der Waals surface area contributed by atoms with Crippen LogP contribution in [0.2, 0.25) is 10.0 Å². The van der Waals surface area contributed by atoms with Crippen molar-refractivity contribution >= 4 is 23.2 Å². The number of nitrogens with zero attached hydrogens (tertiary/aromatic N) is 1. The molecule has 1 aromatic rings. The van der Waals surface area contributed by atoms with Crippen LogP contribution in [0.1, 0.15) is 38.2 Å². The minimum absolute atomic E-state index is 0.267. The molecule has 1 N–H and O–H groups in total. The average molecular weight is 329 g/mol. The number of hydrogen-bond donors (Lipinski definition) is 1. The van der Waals surface area contributed by atoms with E-state index in [4.69, 9.17) is 23.2 Å². The van der Waals surface area contributed by atoms with Crippen molar-refractivity contribution in [3.8, 4) is 0 Å². The van der Waals surface area contributed by atoms with Gasteiger partial charge in [-0.05, 0) is 56.6 Å². The third-order valence-corrected chi connectivity index (χ3v) is 5.40. The Bertz CT molecular complexity index is 476. The first-order valence-corrected chi connectivity index (χ1v) is 8.51. The Kier molecular flexibility index (Phi) is 5.96. The van der Waals surface area contributed by atoms with E-state index in [-0.39, 0.29) is 5.54 Å². The van der Waals surface area contributed by atoms with Gasteiger partial charge in [0.1, 0.15) is 0 Å². The molecule has 0 amide bonds. The summed E-state index contributed by atoms with van der Waals surface area (Å²) in [6, 6.07) is 5.64. The monoisotopic (exact) mass is 328 g/mol. The zero-order valence-electron chi connectivity index (χ0n) is 13.3. The molecule has 2 rings (SSSR count). The van der Waals surface area contributed by atoms with Crippen LogP contribution in [-0.4, -0.2) is 31.1 Å². The number of rotatable bonds is 5. The molecule has 2 nitrogen and oxygen atoms in total. The molecule has 0 aromatic heterocycles. The van der Waals surface area contributed by atoms with Crippen molar-refractivity contribution in [3.05, 3.63) is 33.8 Å². The lowest BCUT2D eigenvalue weighted by Gasteiger charge is -2.45. The summed E-state index contributed by atoms with van der Waals surface area (Å²) < 4.78 is 0. The number of benzene rings is 1. The second-order valence-corrected chi connectivity index (χ2v) is 7.50. The van der Waals surface area contributed by atoms with Gasteiger partial charge >= 0.3 is 0 Å². The van der Waals surface area contributed by atoms with Crippen LogP contribution >= 0.6 is 23.2 Å². The highest BCUT2D eigenvalue weighted by Crippen LogP contribution is 2.35. The summed E-state index contributed by atoms with van der Waals surface area (Å²) in [6.07, 6.45) is 5.20. The molecule has 1 aliphatic carbocycles. The maximum atomic E-state index is 6.23. The average Bonchev–Trinajstić information content (AvgIpc) is 2.42. The molecule has 0 bridgehead atoms. The lowest BCUT2D eigenvalue weighted by Crippen LogP contribution is -2.54. The van der Waals surface area contributed by atoms with Gasteiger partial charge in [0, 0.05) is 28.7 Å². The van der Waals surface area contributed by atoms with Gasteiger partial charge in [-0.2, -0.15) is 0 Å². The van der Waals surface area contributed by atoms with Crippen LogP contribution in [0.4, 0.5) is 0 Å². The van der Waals surface area contributed by atoms with Crippen molar-refractivity contribution in [3.63, 3.8) is 0 Å². The molecule has 2 atom stereocenters. The number of halogens is 2. The zero-order valence-corrected chi connectivity index (χ0v) is 14.8. The number of nitrogens with one attached hydrogen (secondary N) is 1. The van der Waals surface area contributed by atoms with Gasteiger partial charge in [0.05, 0.1) is 0 Å². The Hall–Kier alpha value is -0.280. The maximum Gasteiger partial charge on any atom is 0.0451 e. The van der Waals surface area contributed by atoms with Crippen LogP contribution in [-0.2, 0) is 6.54 Å². The molecular formula is C17H26Cl2N2. The van der Waals surface area contributed by atoms with Crippen molar-refractivity contribution in [2.24, 2.45) is 5.92 Å². The molecule has 0 aliphatic heterocycles. The van der Waals surface area contributed by atoms with Crippen LogP contribution in [0.25, 0.3) is 0 Å². The van der Waals surface area contributed by atoms with Crippen LogP contribution in [0.15, 0.2) is 18.2 Å². The van der Waals surface area contributed by atoms with Crippen molar-refractivity contribution in [2.75, 3.05) is 20.6 Å². The van der Waals surface area contributed by atoms with Crippen LogP contribution < -0.4 is 5.32 Å². The Morgan fingerprint density at radius 3 is 2.76 bits per heavy atom. The van der Waals surface area contributed by atoms with Gasteiger partial charge in [-0.1, -0.05) is 43.0 Å².